The molecule has 55 heavy (non-hydrogen) atoms. The predicted molar refractivity (Wildman–Crippen MR) is 194 cm³/mol. The van der Waals surface area contributed by atoms with E-state index in [1.807, 2.05) is 47.6 Å². The number of hydrogen-bond acceptors (Lipinski definition) is 11. The van der Waals surface area contributed by atoms with E-state index in [0.717, 1.165) is 31.9 Å². The summed E-state index contributed by atoms with van der Waals surface area (Å²) in [6.07, 6.45) is -9.83. The van der Waals surface area contributed by atoms with Gasteiger partial charge in [-0.3, -0.25) is 9.80 Å². The second-order valence-corrected chi connectivity index (χ2v) is 14.6. The number of carbonyl (C=O) groups excluding carboxylic acids is 1. The molecule has 0 bridgehead atoms. The van der Waals surface area contributed by atoms with E-state index in [2.05, 4.69) is 19.7 Å². The van der Waals surface area contributed by atoms with E-state index in [9.17, 15) is 31.1 Å². The standard InChI is InChI=1S/C21H30F3N3O4.C16H22F3N3O2/c1-20(2,3)31-19(28)27-8-6-25(7-9-27)15-16-4-5-17(26-10-12-29-13-11-26)14-18(16)30-21(22,23)24;17-16(18,19)24-15-11-14(22-7-9-23-10-8-22)2-1-13(15)12-21-5-3-20-4-6-21/h4-5,14H,6-13,15H2,1-3H3;1-2,11,20H,3-10,12H2. The third kappa shape index (κ3) is 14.1. The maximum absolute atomic E-state index is 13.0. The Morgan fingerprint density at radius 1 is 0.636 bits per heavy atom. The van der Waals surface area contributed by atoms with E-state index in [4.69, 9.17) is 14.2 Å². The molecule has 4 aliphatic rings. The van der Waals surface area contributed by atoms with Crippen LogP contribution in [0, 0.1) is 0 Å². The van der Waals surface area contributed by atoms with Crippen molar-refractivity contribution in [3.8, 4) is 11.5 Å². The summed E-state index contributed by atoms with van der Waals surface area (Å²) in [5, 5.41) is 3.23. The Kier molecular flexibility index (Phi) is 14.6. The second-order valence-electron chi connectivity index (χ2n) is 14.6. The van der Waals surface area contributed by atoms with Gasteiger partial charge in [-0.2, -0.15) is 0 Å². The highest BCUT2D eigenvalue weighted by Crippen LogP contribution is 2.34. The third-order valence-electron chi connectivity index (χ3n) is 9.33. The van der Waals surface area contributed by atoms with Gasteiger partial charge >= 0.3 is 18.8 Å². The topological polar surface area (TPSA) is 91.5 Å². The molecule has 12 nitrogen and oxygen atoms in total. The molecule has 0 atom stereocenters. The Bertz CT molecular complexity index is 1520. The minimum absolute atomic E-state index is 0.106. The summed E-state index contributed by atoms with van der Waals surface area (Å²) in [4.78, 5) is 22.0. The molecule has 0 saturated carbocycles. The first-order valence-electron chi connectivity index (χ1n) is 18.6. The molecule has 4 aliphatic heterocycles. The molecule has 0 aromatic heterocycles. The predicted octanol–water partition coefficient (Wildman–Crippen LogP) is 5.30. The molecule has 1 N–H and O–H groups in total. The number of nitrogens with one attached hydrogen (secondary N) is 1. The zero-order chi connectivity index (χ0) is 39.6. The summed E-state index contributed by atoms with van der Waals surface area (Å²) < 4.78 is 102. The number of rotatable bonds is 8. The molecule has 4 saturated heterocycles. The van der Waals surface area contributed by atoms with Crippen molar-refractivity contribution < 1.29 is 54.8 Å². The number of morpholine rings is 2. The van der Waals surface area contributed by atoms with Gasteiger partial charge in [0.15, 0.2) is 0 Å². The highest BCUT2D eigenvalue weighted by atomic mass is 19.4. The lowest BCUT2D eigenvalue weighted by atomic mass is 10.1. The van der Waals surface area contributed by atoms with Crippen molar-refractivity contribution in [3.63, 3.8) is 0 Å². The van der Waals surface area contributed by atoms with Gasteiger partial charge in [0.25, 0.3) is 0 Å². The summed E-state index contributed by atoms with van der Waals surface area (Å²) >= 11 is 0. The number of hydrogen-bond donors (Lipinski definition) is 1. The molecule has 0 unspecified atom stereocenters. The number of anilines is 2. The minimum Gasteiger partial charge on any atom is -0.444 e. The van der Waals surface area contributed by atoms with Crippen LogP contribution in [0.25, 0.3) is 0 Å². The monoisotopic (exact) mass is 790 g/mol. The Morgan fingerprint density at radius 2 is 1.05 bits per heavy atom. The van der Waals surface area contributed by atoms with Crippen LogP contribution in [0.5, 0.6) is 11.5 Å². The molecule has 0 spiro atoms. The Balaban J connectivity index is 0.000000218. The zero-order valence-electron chi connectivity index (χ0n) is 31.6. The van der Waals surface area contributed by atoms with Gasteiger partial charge < -0.3 is 43.7 Å². The van der Waals surface area contributed by atoms with Crippen molar-refractivity contribution in [2.24, 2.45) is 0 Å². The summed E-state index contributed by atoms with van der Waals surface area (Å²) in [6.45, 7) is 16.3. The van der Waals surface area contributed by atoms with Crippen LogP contribution in [-0.2, 0) is 27.3 Å². The maximum Gasteiger partial charge on any atom is 0.573 e. The lowest BCUT2D eigenvalue weighted by molar-refractivity contribution is -0.276. The number of carbonyl (C=O) groups is 1. The lowest BCUT2D eigenvalue weighted by Gasteiger charge is -2.36. The smallest absolute Gasteiger partial charge is 0.444 e. The zero-order valence-corrected chi connectivity index (χ0v) is 31.6. The summed E-state index contributed by atoms with van der Waals surface area (Å²) in [7, 11) is 0. The van der Waals surface area contributed by atoms with E-state index < -0.39 is 18.3 Å². The molecule has 18 heteroatoms. The highest BCUT2D eigenvalue weighted by molar-refractivity contribution is 5.68. The van der Waals surface area contributed by atoms with Crippen molar-refractivity contribution >= 4 is 17.5 Å². The van der Waals surface area contributed by atoms with Crippen molar-refractivity contribution in [1.29, 1.82) is 0 Å². The molecule has 2 aromatic carbocycles. The average Bonchev–Trinajstić information content (AvgIpc) is 3.13. The minimum atomic E-state index is -4.77. The summed E-state index contributed by atoms with van der Waals surface area (Å²) in [6, 6.07) is 10.1. The Labute approximate surface area is 318 Å². The molecule has 2 aromatic rings. The first-order chi connectivity index (χ1) is 26.0. The fraction of sp³-hybridized carbons (Fsp3) is 0.649. The number of piperazine rings is 2. The van der Waals surface area contributed by atoms with Crippen LogP contribution in [0.3, 0.4) is 0 Å². The largest absolute Gasteiger partial charge is 0.573 e. The van der Waals surface area contributed by atoms with Gasteiger partial charge in [-0.1, -0.05) is 12.1 Å². The van der Waals surface area contributed by atoms with Gasteiger partial charge in [0.2, 0.25) is 0 Å². The first-order valence-corrected chi connectivity index (χ1v) is 18.6. The van der Waals surface area contributed by atoms with Gasteiger partial charge in [0, 0.05) is 126 Å². The van der Waals surface area contributed by atoms with Gasteiger partial charge in [0.1, 0.15) is 17.1 Å². The van der Waals surface area contributed by atoms with E-state index in [0.29, 0.717) is 109 Å². The molecular formula is C37H52F6N6O6. The van der Waals surface area contributed by atoms with Crippen molar-refractivity contribution in [2.75, 3.05) is 115 Å². The van der Waals surface area contributed by atoms with Crippen LogP contribution in [0.15, 0.2) is 36.4 Å². The lowest BCUT2D eigenvalue weighted by Crippen LogP contribution is -2.49. The molecule has 6 rings (SSSR count). The Morgan fingerprint density at radius 3 is 1.45 bits per heavy atom. The van der Waals surface area contributed by atoms with E-state index in [1.165, 1.54) is 12.1 Å². The summed E-state index contributed by atoms with van der Waals surface area (Å²) in [5.41, 5.74) is 1.87. The van der Waals surface area contributed by atoms with Crippen LogP contribution >= 0.6 is 0 Å². The molecule has 0 aliphatic carbocycles. The fourth-order valence-electron chi connectivity index (χ4n) is 6.59. The van der Waals surface area contributed by atoms with E-state index in [-0.39, 0.29) is 17.6 Å². The van der Waals surface area contributed by atoms with E-state index >= 15 is 0 Å². The van der Waals surface area contributed by atoms with E-state index in [1.54, 1.807) is 17.0 Å². The molecule has 308 valence electrons. The van der Waals surface area contributed by atoms with Gasteiger partial charge in [-0.05, 0) is 32.9 Å². The number of halogens is 6. The van der Waals surface area contributed by atoms with Gasteiger partial charge in [-0.15, -0.1) is 26.3 Å². The highest BCUT2D eigenvalue weighted by Gasteiger charge is 2.34. The quantitative estimate of drug-likeness (QED) is 0.354. The van der Waals surface area contributed by atoms with Gasteiger partial charge in [0.05, 0.1) is 26.4 Å². The van der Waals surface area contributed by atoms with Crippen LogP contribution in [0.1, 0.15) is 31.9 Å². The summed E-state index contributed by atoms with van der Waals surface area (Å²) in [5.74, 6) is -0.295. The number of amides is 1. The first kappa shape index (κ1) is 42.4. The number of benzene rings is 2. The molecule has 1 amide bonds. The number of nitrogens with zero attached hydrogens (tertiary/aromatic N) is 5. The maximum atomic E-state index is 13.0. The SMILES string of the molecule is CC(C)(C)OC(=O)N1CCN(Cc2ccc(N3CCOCC3)cc2OC(F)(F)F)CC1.FC(F)(F)Oc1cc(N2CCOCC2)ccc1CN1CCNCC1. The van der Waals surface area contributed by atoms with Crippen LogP contribution in [-0.4, -0.2) is 144 Å². The van der Waals surface area contributed by atoms with Crippen LogP contribution in [0.2, 0.25) is 0 Å². The Hall–Kier alpha value is -3.71. The molecule has 4 heterocycles. The normalized spacial score (nSPS) is 19.4. The van der Waals surface area contributed by atoms with Crippen molar-refractivity contribution in [2.45, 2.75) is 52.2 Å². The average molecular weight is 791 g/mol. The molecular weight excluding hydrogens is 738 g/mol. The van der Waals surface area contributed by atoms with Crippen molar-refractivity contribution in [1.82, 2.24) is 20.0 Å². The number of ether oxygens (including phenoxy) is 5. The fourth-order valence-corrected chi connectivity index (χ4v) is 6.59. The number of alkyl halides is 6. The van der Waals surface area contributed by atoms with Crippen LogP contribution in [0.4, 0.5) is 42.5 Å². The molecule has 0 radical (unpaired) electrons. The molecule has 4 fully saturated rings. The third-order valence-corrected chi connectivity index (χ3v) is 9.33. The second kappa shape index (κ2) is 19.0. The van der Waals surface area contributed by atoms with Crippen LogP contribution < -0.4 is 24.6 Å². The van der Waals surface area contributed by atoms with Crippen molar-refractivity contribution in [3.05, 3.63) is 47.5 Å². The van der Waals surface area contributed by atoms with Gasteiger partial charge in [-0.25, -0.2) is 4.79 Å².